The highest BCUT2D eigenvalue weighted by Gasteiger charge is 2.40. The second-order valence-corrected chi connectivity index (χ2v) is 9.28. The van der Waals surface area contributed by atoms with Crippen LogP contribution in [-0.4, -0.2) is 35.9 Å². The lowest BCUT2D eigenvalue weighted by atomic mass is 10.1. The topological polar surface area (TPSA) is 137 Å². The molecule has 1 aliphatic rings. The van der Waals surface area contributed by atoms with Crippen molar-refractivity contribution in [1.29, 1.82) is 0 Å². The molecule has 1 aliphatic heterocycles. The van der Waals surface area contributed by atoms with Gasteiger partial charge in [0, 0.05) is 26.6 Å². The van der Waals surface area contributed by atoms with Gasteiger partial charge in [-0.1, -0.05) is 17.7 Å². The summed E-state index contributed by atoms with van der Waals surface area (Å²) in [6, 6.07) is 19.0. The molecule has 0 aliphatic carbocycles. The number of imide groups is 2. The molecule has 0 saturated carbocycles. The number of barbiturate groups is 1. The number of hydrogen-bond donors (Lipinski definition) is 3. The van der Waals surface area contributed by atoms with Gasteiger partial charge in [-0.2, -0.15) is 5.10 Å². The molecule has 0 unspecified atom stereocenters. The fraction of sp³-hybridized carbons (Fsp3) is 0.0769. The van der Waals surface area contributed by atoms with Crippen molar-refractivity contribution in [2.45, 2.75) is 6.92 Å². The number of nitrogens with one attached hydrogen (secondary N) is 3. The van der Waals surface area contributed by atoms with Gasteiger partial charge in [-0.15, -0.1) is 0 Å². The molecule has 0 aromatic heterocycles. The van der Waals surface area contributed by atoms with Crippen molar-refractivity contribution in [1.82, 2.24) is 10.7 Å². The summed E-state index contributed by atoms with van der Waals surface area (Å²) in [6.07, 6.45) is 0.970. The van der Waals surface area contributed by atoms with Crippen LogP contribution in [0.1, 0.15) is 26.3 Å². The van der Waals surface area contributed by atoms with Crippen molar-refractivity contribution >= 4 is 69.8 Å². The standard InChI is InChI=1S/C26H20IN5O5/c1-15-2-4-16(5-3-15)22(33)29-19-10-6-17(7-11-19)23(34)31-28-14-21-24(35)30-26(37)32(25(21)36)20-12-8-18(27)9-13-20/h2-14,21H,1H3,(H,29,33)(H,31,34)(H,30,35,37)/b28-14-/t21-/m1/s1. The van der Waals surface area contributed by atoms with Gasteiger partial charge in [0.05, 0.1) is 5.69 Å². The molecule has 186 valence electrons. The first kappa shape index (κ1) is 25.7. The highest BCUT2D eigenvalue weighted by atomic mass is 127. The molecule has 3 N–H and O–H groups in total. The number of aryl methyl sites for hydroxylation is 1. The molecule has 6 amide bonds. The first-order valence-electron chi connectivity index (χ1n) is 11.0. The van der Waals surface area contributed by atoms with E-state index >= 15 is 0 Å². The number of anilines is 2. The molecule has 37 heavy (non-hydrogen) atoms. The van der Waals surface area contributed by atoms with E-state index in [1.54, 1.807) is 48.5 Å². The van der Waals surface area contributed by atoms with Crippen LogP contribution in [0.15, 0.2) is 77.9 Å². The van der Waals surface area contributed by atoms with Crippen LogP contribution >= 0.6 is 22.6 Å². The van der Waals surface area contributed by atoms with E-state index in [1.165, 1.54) is 12.1 Å². The molecule has 1 atom stereocenters. The summed E-state index contributed by atoms with van der Waals surface area (Å²) in [6.45, 7) is 1.93. The summed E-state index contributed by atoms with van der Waals surface area (Å²) >= 11 is 2.09. The zero-order valence-electron chi connectivity index (χ0n) is 19.4. The molecular weight excluding hydrogens is 589 g/mol. The predicted octanol–water partition coefficient (Wildman–Crippen LogP) is 3.47. The largest absolute Gasteiger partial charge is 0.335 e. The number of carbonyl (C=O) groups excluding carboxylic acids is 5. The number of nitrogens with zero attached hydrogens (tertiary/aromatic N) is 2. The quantitative estimate of drug-likeness (QED) is 0.170. The Kier molecular flexibility index (Phi) is 7.72. The van der Waals surface area contributed by atoms with Crippen molar-refractivity contribution in [3.63, 3.8) is 0 Å². The maximum absolute atomic E-state index is 12.8. The summed E-state index contributed by atoms with van der Waals surface area (Å²) < 4.78 is 0.907. The number of halogens is 1. The number of hydrazone groups is 1. The summed E-state index contributed by atoms with van der Waals surface area (Å²) in [5.41, 5.74) is 4.84. The van der Waals surface area contributed by atoms with Crippen LogP contribution in [0.5, 0.6) is 0 Å². The Labute approximate surface area is 225 Å². The number of urea groups is 1. The van der Waals surface area contributed by atoms with Gasteiger partial charge in [0.1, 0.15) is 0 Å². The number of amides is 6. The molecule has 3 aromatic rings. The first-order chi connectivity index (χ1) is 17.7. The maximum atomic E-state index is 12.8. The number of benzene rings is 3. The first-order valence-corrected chi connectivity index (χ1v) is 12.1. The van der Waals surface area contributed by atoms with E-state index in [0.29, 0.717) is 16.9 Å². The van der Waals surface area contributed by atoms with Crippen LogP contribution < -0.4 is 21.0 Å². The molecule has 4 rings (SSSR count). The molecule has 10 nitrogen and oxygen atoms in total. The smallest absolute Gasteiger partial charge is 0.322 e. The van der Waals surface area contributed by atoms with Crippen molar-refractivity contribution in [3.8, 4) is 0 Å². The highest BCUT2D eigenvalue weighted by molar-refractivity contribution is 14.1. The lowest BCUT2D eigenvalue weighted by Crippen LogP contribution is -2.58. The lowest BCUT2D eigenvalue weighted by molar-refractivity contribution is -0.131. The molecule has 3 aromatic carbocycles. The second-order valence-electron chi connectivity index (χ2n) is 8.04. The third-order valence-electron chi connectivity index (χ3n) is 5.40. The van der Waals surface area contributed by atoms with Gasteiger partial charge < -0.3 is 5.32 Å². The van der Waals surface area contributed by atoms with Gasteiger partial charge in [-0.25, -0.2) is 15.1 Å². The van der Waals surface area contributed by atoms with Crippen LogP contribution in [0, 0.1) is 16.4 Å². The van der Waals surface area contributed by atoms with Crippen molar-refractivity contribution in [3.05, 3.63) is 93.1 Å². The Bertz CT molecular complexity index is 1400. The zero-order chi connectivity index (χ0) is 26.5. The molecule has 1 saturated heterocycles. The summed E-state index contributed by atoms with van der Waals surface area (Å²) in [5, 5.41) is 8.61. The summed E-state index contributed by atoms with van der Waals surface area (Å²) in [7, 11) is 0. The number of hydrogen-bond acceptors (Lipinski definition) is 6. The van der Waals surface area contributed by atoms with Crippen LogP contribution in [0.25, 0.3) is 0 Å². The summed E-state index contributed by atoms with van der Waals surface area (Å²) in [5.74, 6) is -3.92. The highest BCUT2D eigenvalue weighted by Crippen LogP contribution is 2.21. The fourth-order valence-electron chi connectivity index (χ4n) is 3.40. The second kappa shape index (κ2) is 11.1. The van der Waals surface area contributed by atoms with Crippen LogP contribution in [0.4, 0.5) is 16.2 Å². The predicted molar refractivity (Wildman–Crippen MR) is 145 cm³/mol. The Morgan fingerprint density at radius 2 is 1.49 bits per heavy atom. The van der Waals surface area contributed by atoms with E-state index in [2.05, 4.69) is 43.8 Å². The third-order valence-corrected chi connectivity index (χ3v) is 6.11. The van der Waals surface area contributed by atoms with Gasteiger partial charge in [0.15, 0.2) is 5.92 Å². The Balaban J connectivity index is 1.37. The van der Waals surface area contributed by atoms with Crippen LogP contribution in [0.2, 0.25) is 0 Å². The van der Waals surface area contributed by atoms with E-state index in [-0.39, 0.29) is 11.5 Å². The minimum Gasteiger partial charge on any atom is -0.322 e. The minimum atomic E-state index is -1.41. The normalized spacial score (nSPS) is 15.5. The van der Waals surface area contributed by atoms with E-state index in [9.17, 15) is 24.0 Å². The van der Waals surface area contributed by atoms with Gasteiger partial charge >= 0.3 is 6.03 Å². The van der Waals surface area contributed by atoms with Gasteiger partial charge in [0.2, 0.25) is 5.91 Å². The SMILES string of the molecule is Cc1ccc(C(=O)Nc2ccc(C(=O)N/N=C\[C@@H]3C(=O)NC(=O)N(c4ccc(I)cc4)C3=O)cc2)cc1. The number of rotatable bonds is 6. The molecule has 11 heteroatoms. The Hall–Kier alpha value is -4.39. The van der Waals surface area contributed by atoms with Gasteiger partial charge in [0.25, 0.3) is 17.7 Å². The van der Waals surface area contributed by atoms with Crippen LogP contribution in [-0.2, 0) is 9.59 Å². The maximum Gasteiger partial charge on any atom is 0.335 e. The van der Waals surface area contributed by atoms with E-state index in [0.717, 1.165) is 20.2 Å². The van der Waals surface area contributed by atoms with Gasteiger partial charge in [-0.05, 0) is 90.2 Å². The molecule has 0 spiro atoms. The molecule has 1 heterocycles. The van der Waals surface area contributed by atoms with E-state index < -0.39 is 29.7 Å². The zero-order valence-corrected chi connectivity index (χ0v) is 21.6. The monoisotopic (exact) mass is 609 g/mol. The van der Waals surface area contributed by atoms with E-state index in [1.807, 2.05) is 19.1 Å². The average molecular weight is 609 g/mol. The van der Waals surface area contributed by atoms with Crippen LogP contribution in [0.3, 0.4) is 0 Å². The van der Waals surface area contributed by atoms with Gasteiger partial charge in [-0.3, -0.25) is 24.5 Å². The number of carbonyl (C=O) groups is 5. The lowest BCUT2D eigenvalue weighted by Gasteiger charge is -2.28. The molecular formula is C26H20IN5O5. The van der Waals surface area contributed by atoms with Crippen molar-refractivity contribution in [2.24, 2.45) is 11.0 Å². The molecule has 0 bridgehead atoms. The Morgan fingerprint density at radius 3 is 2.14 bits per heavy atom. The Morgan fingerprint density at radius 1 is 0.892 bits per heavy atom. The minimum absolute atomic E-state index is 0.237. The molecule has 0 radical (unpaired) electrons. The fourth-order valence-corrected chi connectivity index (χ4v) is 3.76. The van der Waals surface area contributed by atoms with Crippen molar-refractivity contribution < 1.29 is 24.0 Å². The third kappa shape index (κ3) is 6.06. The summed E-state index contributed by atoms with van der Waals surface area (Å²) in [4.78, 5) is 62.9. The van der Waals surface area contributed by atoms with Crippen molar-refractivity contribution in [2.75, 3.05) is 10.2 Å². The van der Waals surface area contributed by atoms with E-state index in [4.69, 9.17) is 0 Å². The average Bonchev–Trinajstić information content (AvgIpc) is 2.87. The molecule has 1 fully saturated rings.